The van der Waals surface area contributed by atoms with Crippen molar-refractivity contribution in [3.63, 3.8) is 0 Å². The van der Waals surface area contributed by atoms with E-state index in [-0.39, 0.29) is 5.56 Å². The minimum absolute atomic E-state index is 0.189. The van der Waals surface area contributed by atoms with Crippen LogP contribution in [0.15, 0.2) is 36.4 Å². The second-order valence-corrected chi connectivity index (χ2v) is 4.45. The number of carboxylic acids is 1. The highest BCUT2D eigenvalue weighted by atomic mass is 16.5. The number of carbonyl (C=O) groups is 1. The summed E-state index contributed by atoms with van der Waals surface area (Å²) >= 11 is 0. The van der Waals surface area contributed by atoms with Crippen molar-refractivity contribution >= 4 is 5.97 Å². The van der Waals surface area contributed by atoms with E-state index >= 15 is 0 Å². The Hall–Kier alpha value is -2.80. The lowest BCUT2D eigenvalue weighted by molar-refractivity contribution is 0.0695. The fourth-order valence-electron chi connectivity index (χ4n) is 1.88. The van der Waals surface area contributed by atoms with E-state index < -0.39 is 5.97 Å². The molecule has 0 atom stereocenters. The number of nitriles is 1. The van der Waals surface area contributed by atoms with Gasteiger partial charge in [0.2, 0.25) is 0 Å². The molecule has 0 aliphatic heterocycles. The van der Waals surface area contributed by atoms with Gasteiger partial charge < -0.3 is 9.84 Å². The van der Waals surface area contributed by atoms with E-state index in [1.54, 1.807) is 31.2 Å². The summed E-state index contributed by atoms with van der Waals surface area (Å²) < 4.78 is 5.72. The molecule has 0 radical (unpaired) electrons. The Bertz CT molecular complexity index is 714. The first-order valence-electron chi connectivity index (χ1n) is 6.04. The molecule has 0 amide bonds. The van der Waals surface area contributed by atoms with Crippen LogP contribution in [0.1, 0.15) is 27.0 Å². The standard InChI is InChI=1S/C16H13NO3/c1-10-6-7-12(9-17)15(8-10)20-14-5-3-4-13(11(14)2)16(18)19/h3-8H,1-2H3,(H,18,19). The normalized spacial score (nSPS) is 9.85. The highest BCUT2D eigenvalue weighted by Crippen LogP contribution is 2.30. The molecule has 20 heavy (non-hydrogen) atoms. The number of benzene rings is 2. The molecule has 0 unspecified atom stereocenters. The highest BCUT2D eigenvalue weighted by molar-refractivity contribution is 5.90. The Morgan fingerprint density at radius 1 is 1.20 bits per heavy atom. The Kier molecular flexibility index (Phi) is 3.72. The summed E-state index contributed by atoms with van der Waals surface area (Å²) in [5, 5.41) is 18.2. The first kappa shape index (κ1) is 13.6. The first-order valence-corrected chi connectivity index (χ1v) is 6.04. The van der Waals surface area contributed by atoms with Crippen LogP contribution in [0, 0.1) is 25.2 Å². The summed E-state index contributed by atoms with van der Waals surface area (Å²) in [5.41, 5.74) is 2.10. The Labute approximate surface area is 116 Å². The van der Waals surface area contributed by atoms with Gasteiger partial charge >= 0.3 is 5.97 Å². The third-order valence-electron chi connectivity index (χ3n) is 2.99. The topological polar surface area (TPSA) is 70.3 Å². The summed E-state index contributed by atoms with van der Waals surface area (Å²) in [6, 6.07) is 12.1. The molecular formula is C16H13NO3. The van der Waals surface area contributed by atoms with Crippen molar-refractivity contribution in [3.8, 4) is 17.6 Å². The number of rotatable bonds is 3. The lowest BCUT2D eigenvalue weighted by Crippen LogP contribution is -2.01. The highest BCUT2D eigenvalue weighted by Gasteiger charge is 2.13. The Morgan fingerprint density at radius 2 is 1.95 bits per heavy atom. The maximum absolute atomic E-state index is 11.1. The van der Waals surface area contributed by atoms with Crippen LogP contribution in [0.5, 0.6) is 11.5 Å². The predicted octanol–water partition coefficient (Wildman–Crippen LogP) is 3.67. The minimum atomic E-state index is -1.00. The quantitative estimate of drug-likeness (QED) is 0.921. The lowest BCUT2D eigenvalue weighted by atomic mass is 10.1. The van der Waals surface area contributed by atoms with Crippen LogP contribution in [-0.2, 0) is 0 Å². The summed E-state index contributed by atoms with van der Waals surface area (Å²) in [4.78, 5) is 11.1. The molecule has 0 spiro atoms. The summed E-state index contributed by atoms with van der Waals surface area (Å²) in [6.45, 7) is 3.58. The summed E-state index contributed by atoms with van der Waals surface area (Å²) in [5.74, 6) is -0.136. The van der Waals surface area contributed by atoms with Crippen molar-refractivity contribution in [1.29, 1.82) is 5.26 Å². The van der Waals surface area contributed by atoms with E-state index in [2.05, 4.69) is 6.07 Å². The summed E-state index contributed by atoms with van der Waals surface area (Å²) in [6.07, 6.45) is 0. The number of nitrogens with zero attached hydrogens (tertiary/aromatic N) is 1. The van der Waals surface area contributed by atoms with Gasteiger partial charge in [-0.1, -0.05) is 12.1 Å². The van der Waals surface area contributed by atoms with Crippen molar-refractivity contribution in [2.24, 2.45) is 0 Å². The van der Waals surface area contributed by atoms with Crippen LogP contribution in [0.25, 0.3) is 0 Å². The molecule has 100 valence electrons. The Balaban J connectivity index is 2.46. The first-order chi connectivity index (χ1) is 9.52. The molecule has 0 heterocycles. The van der Waals surface area contributed by atoms with Crippen molar-refractivity contribution in [3.05, 3.63) is 58.7 Å². The van der Waals surface area contributed by atoms with E-state index in [4.69, 9.17) is 15.1 Å². The molecule has 0 saturated heterocycles. The number of aromatic carboxylic acids is 1. The van der Waals surface area contributed by atoms with Crippen LogP contribution >= 0.6 is 0 Å². The number of ether oxygens (including phenoxy) is 1. The monoisotopic (exact) mass is 267 g/mol. The van der Waals surface area contributed by atoms with E-state index in [0.717, 1.165) is 5.56 Å². The van der Waals surface area contributed by atoms with Gasteiger partial charge in [-0.3, -0.25) is 0 Å². The fourth-order valence-corrected chi connectivity index (χ4v) is 1.88. The van der Waals surface area contributed by atoms with Gasteiger partial charge in [-0.05, 0) is 43.7 Å². The van der Waals surface area contributed by atoms with E-state index in [9.17, 15) is 4.79 Å². The summed E-state index contributed by atoms with van der Waals surface area (Å²) in [7, 11) is 0. The third-order valence-corrected chi connectivity index (χ3v) is 2.99. The van der Waals surface area contributed by atoms with Gasteiger partial charge in [-0.15, -0.1) is 0 Å². The van der Waals surface area contributed by atoms with Crippen molar-refractivity contribution in [2.75, 3.05) is 0 Å². The SMILES string of the molecule is Cc1ccc(C#N)c(Oc2cccc(C(=O)O)c2C)c1. The maximum atomic E-state index is 11.1. The van der Waals surface area contributed by atoms with Gasteiger partial charge in [0.05, 0.1) is 11.1 Å². The third kappa shape index (κ3) is 2.62. The number of hydrogen-bond acceptors (Lipinski definition) is 3. The molecule has 0 bridgehead atoms. The van der Waals surface area contributed by atoms with Crippen molar-refractivity contribution in [1.82, 2.24) is 0 Å². The van der Waals surface area contributed by atoms with Gasteiger partial charge in [0.15, 0.2) is 0 Å². The lowest BCUT2D eigenvalue weighted by Gasteiger charge is -2.12. The number of hydrogen-bond donors (Lipinski definition) is 1. The minimum Gasteiger partial charge on any atom is -0.478 e. The van der Waals surface area contributed by atoms with Crippen LogP contribution in [0.3, 0.4) is 0 Å². The molecule has 0 aliphatic carbocycles. The van der Waals surface area contributed by atoms with Crippen LogP contribution in [0.4, 0.5) is 0 Å². The molecule has 0 saturated carbocycles. The second kappa shape index (κ2) is 5.45. The maximum Gasteiger partial charge on any atom is 0.336 e. The molecule has 2 aromatic carbocycles. The van der Waals surface area contributed by atoms with E-state index in [1.807, 2.05) is 13.0 Å². The molecule has 4 nitrogen and oxygen atoms in total. The number of aryl methyl sites for hydroxylation is 1. The number of carboxylic acid groups (broad SMARTS) is 1. The molecule has 4 heteroatoms. The zero-order valence-corrected chi connectivity index (χ0v) is 11.2. The van der Waals surface area contributed by atoms with Crippen LogP contribution in [0.2, 0.25) is 0 Å². The Morgan fingerprint density at radius 3 is 2.60 bits per heavy atom. The molecule has 0 aliphatic rings. The van der Waals surface area contributed by atoms with E-state index in [0.29, 0.717) is 22.6 Å². The molecule has 0 fully saturated rings. The van der Waals surface area contributed by atoms with Gasteiger partial charge in [0.1, 0.15) is 17.6 Å². The van der Waals surface area contributed by atoms with Crippen LogP contribution < -0.4 is 4.74 Å². The zero-order chi connectivity index (χ0) is 14.7. The van der Waals surface area contributed by atoms with Gasteiger partial charge in [-0.25, -0.2) is 4.79 Å². The zero-order valence-electron chi connectivity index (χ0n) is 11.2. The average Bonchev–Trinajstić information content (AvgIpc) is 2.41. The van der Waals surface area contributed by atoms with Gasteiger partial charge in [-0.2, -0.15) is 5.26 Å². The van der Waals surface area contributed by atoms with E-state index in [1.165, 1.54) is 6.07 Å². The molecular weight excluding hydrogens is 254 g/mol. The van der Waals surface area contributed by atoms with Crippen molar-refractivity contribution in [2.45, 2.75) is 13.8 Å². The molecule has 2 rings (SSSR count). The largest absolute Gasteiger partial charge is 0.478 e. The molecule has 2 aromatic rings. The predicted molar refractivity (Wildman–Crippen MR) is 74.1 cm³/mol. The van der Waals surface area contributed by atoms with Crippen molar-refractivity contribution < 1.29 is 14.6 Å². The van der Waals surface area contributed by atoms with Gasteiger partial charge in [0, 0.05) is 5.56 Å². The second-order valence-electron chi connectivity index (χ2n) is 4.45. The van der Waals surface area contributed by atoms with Gasteiger partial charge in [0.25, 0.3) is 0 Å². The van der Waals surface area contributed by atoms with Crippen LogP contribution in [-0.4, -0.2) is 11.1 Å². The average molecular weight is 267 g/mol. The molecule has 1 N–H and O–H groups in total. The fraction of sp³-hybridized carbons (Fsp3) is 0.125. The molecule has 0 aromatic heterocycles. The smallest absolute Gasteiger partial charge is 0.336 e.